The Morgan fingerprint density at radius 1 is 1.19 bits per heavy atom. The van der Waals surface area contributed by atoms with E-state index in [9.17, 15) is 4.79 Å². The molecule has 3 aromatic rings. The number of nitrogens with one attached hydrogen (secondary N) is 2. The second-order valence-corrected chi connectivity index (χ2v) is 8.57. The fourth-order valence-electron chi connectivity index (χ4n) is 3.26. The summed E-state index contributed by atoms with van der Waals surface area (Å²) < 4.78 is 5.56. The van der Waals surface area contributed by atoms with E-state index in [1.54, 1.807) is 18.4 Å². The number of aryl methyl sites for hydroxylation is 1. The number of likely N-dealkylation sites (N-methyl/N-ethyl adjacent to an activating group) is 1. The Morgan fingerprint density at radius 3 is 2.61 bits per heavy atom. The molecule has 0 unspecified atom stereocenters. The van der Waals surface area contributed by atoms with Gasteiger partial charge < -0.3 is 15.2 Å². The van der Waals surface area contributed by atoms with Crippen LogP contribution in [0.15, 0.2) is 34.9 Å². The molecule has 0 spiro atoms. The number of hydrogen-bond donors (Lipinski definition) is 2. The highest BCUT2D eigenvalue weighted by Crippen LogP contribution is 2.32. The van der Waals surface area contributed by atoms with E-state index in [0.29, 0.717) is 24.8 Å². The molecule has 0 radical (unpaired) electrons. The third-order valence-corrected chi connectivity index (χ3v) is 6.41. The van der Waals surface area contributed by atoms with Crippen LogP contribution in [0.4, 0.5) is 0 Å². The van der Waals surface area contributed by atoms with Crippen LogP contribution in [0.25, 0.3) is 22.2 Å². The molecule has 0 fully saturated rings. The summed E-state index contributed by atoms with van der Waals surface area (Å²) in [4.78, 5) is 20.9. The molecular weight excluding hydrogens is 410 g/mol. The number of carbonyl (C=O) groups is 1. The monoisotopic (exact) mass is 441 g/mol. The highest BCUT2D eigenvalue weighted by atomic mass is 32.1. The molecule has 0 saturated carbocycles. The Kier molecular flexibility index (Phi) is 8.34. The zero-order valence-electron chi connectivity index (χ0n) is 18.7. The molecule has 7 nitrogen and oxygen atoms in total. The minimum Gasteiger partial charge on any atom is -0.355 e. The van der Waals surface area contributed by atoms with Gasteiger partial charge in [-0.3, -0.25) is 9.69 Å². The van der Waals surface area contributed by atoms with Crippen molar-refractivity contribution in [2.75, 3.05) is 33.2 Å². The lowest BCUT2D eigenvalue weighted by molar-refractivity contribution is -0.120. The highest BCUT2D eigenvalue weighted by molar-refractivity contribution is 7.15. The Bertz CT molecular complexity index is 976. The average molecular weight is 442 g/mol. The molecule has 0 bridgehead atoms. The van der Waals surface area contributed by atoms with Crippen LogP contribution in [0.2, 0.25) is 0 Å². The minimum atomic E-state index is 0.00233. The molecule has 31 heavy (non-hydrogen) atoms. The topological polar surface area (TPSA) is 83.3 Å². The first-order chi connectivity index (χ1) is 15.0. The van der Waals surface area contributed by atoms with Crippen molar-refractivity contribution in [1.29, 1.82) is 0 Å². The number of benzene rings is 1. The van der Waals surface area contributed by atoms with Crippen molar-refractivity contribution >= 4 is 17.2 Å². The van der Waals surface area contributed by atoms with Gasteiger partial charge in [0.2, 0.25) is 11.7 Å². The second-order valence-electron chi connectivity index (χ2n) is 7.43. The van der Waals surface area contributed by atoms with E-state index < -0.39 is 0 Å². The summed E-state index contributed by atoms with van der Waals surface area (Å²) >= 11 is 1.72. The fraction of sp³-hybridized carbons (Fsp3) is 0.435. The number of hydrogen-bond acceptors (Lipinski definition) is 7. The second kappa shape index (κ2) is 11.2. The van der Waals surface area contributed by atoms with Crippen LogP contribution >= 0.6 is 11.3 Å². The van der Waals surface area contributed by atoms with Gasteiger partial charge in [0.15, 0.2) is 0 Å². The van der Waals surface area contributed by atoms with Gasteiger partial charge in [0.25, 0.3) is 5.89 Å². The van der Waals surface area contributed by atoms with Crippen molar-refractivity contribution in [1.82, 2.24) is 25.7 Å². The molecule has 0 aliphatic rings. The summed E-state index contributed by atoms with van der Waals surface area (Å²) in [5.41, 5.74) is 3.32. The fourth-order valence-corrected chi connectivity index (χ4v) is 4.40. The van der Waals surface area contributed by atoms with Crippen LogP contribution in [0.1, 0.15) is 29.9 Å². The van der Waals surface area contributed by atoms with E-state index in [2.05, 4.69) is 52.5 Å². The number of carbonyl (C=O) groups excluding carboxylic acids is 1. The molecule has 0 saturated heterocycles. The van der Waals surface area contributed by atoms with Crippen LogP contribution in [-0.2, 0) is 17.8 Å². The maximum atomic E-state index is 11.5. The number of amides is 1. The minimum absolute atomic E-state index is 0.00233. The summed E-state index contributed by atoms with van der Waals surface area (Å²) in [6, 6.07) is 10.2. The molecule has 166 valence electrons. The predicted octanol–water partition coefficient (Wildman–Crippen LogP) is 3.49. The smallest absolute Gasteiger partial charge is 0.268 e. The summed E-state index contributed by atoms with van der Waals surface area (Å²) in [7, 11) is 1.76. The third kappa shape index (κ3) is 6.22. The average Bonchev–Trinajstić information content (AvgIpc) is 3.40. The van der Waals surface area contributed by atoms with Gasteiger partial charge in [0, 0.05) is 23.5 Å². The summed E-state index contributed by atoms with van der Waals surface area (Å²) in [6.45, 7) is 10.5. The van der Waals surface area contributed by atoms with Crippen LogP contribution in [0.3, 0.4) is 0 Å². The van der Waals surface area contributed by atoms with Crippen LogP contribution in [0, 0.1) is 6.92 Å². The molecule has 0 atom stereocenters. The first-order valence-electron chi connectivity index (χ1n) is 10.7. The largest absolute Gasteiger partial charge is 0.355 e. The number of thiophene rings is 1. The maximum absolute atomic E-state index is 11.5. The third-order valence-electron chi connectivity index (χ3n) is 5.20. The van der Waals surface area contributed by atoms with Crippen molar-refractivity contribution in [3.05, 3.63) is 46.3 Å². The number of nitrogens with zero attached hydrogens (tertiary/aromatic N) is 3. The van der Waals surface area contributed by atoms with E-state index >= 15 is 0 Å². The zero-order chi connectivity index (χ0) is 22.2. The summed E-state index contributed by atoms with van der Waals surface area (Å²) in [6.07, 6.45) is 0.775. The van der Waals surface area contributed by atoms with Gasteiger partial charge in [-0.05, 0) is 50.7 Å². The Hall–Kier alpha value is -2.55. The standard InChI is InChI=1S/C23H31N5O2S/c1-5-28(6-2)15-20-16(3)13-19(31-20)23-26-22(27-30-23)18-9-7-17(8-10-18)11-12-25-21(29)14-24-4/h7-10,13,24H,5-6,11-12,14-15H2,1-4H3,(H,25,29). The van der Waals surface area contributed by atoms with Crippen LogP contribution < -0.4 is 10.6 Å². The SMILES string of the molecule is CCN(CC)Cc1sc(-c2nc(-c3ccc(CCNC(=O)CNC)cc3)no2)cc1C. The van der Waals surface area contributed by atoms with Crippen molar-refractivity contribution in [3.8, 4) is 22.2 Å². The van der Waals surface area contributed by atoms with Gasteiger partial charge in [0.1, 0.15) is 0 Å². The predicted molar refractivity (Wildman–Crippen MR) is 125 cm³/mol. The van der Waals surface area contributed by atoms with Crippen molar-refractivity contribution in [2.45, 2.75) is 33.7 Å². The maximum Gasteiger partial charge on any atom is 0.268 e. The Morgan fingerprint density at radius 2 is 1.94 bits per heavy atom. The first kappa shape index (κ1) is 23.1. The van der Waals surface area contributed by atoms with E-state index in [-0.39, 0.29) is 5.91 Å². The molecule has 0 aliphatic carbocycles. The zero-order valence-corrected chi connectivity index (χ0v) is 19.5. The quantitative estimate of drug-likeness (QED) is 0.474. The van der Waals surface area contributed by atoms with E-state index in [0.717, 1.165) is 42.1 Å². The van der Waals surface area contributed by atoms with Crippen molar-refractivity contribution < 1.29 is 9.32 Å². The lowest BCUT2D eigenvalue weighted by Crippen LogP contribution is -2.33. The molecule has 3 rings (SSSR count). The molecule has 2 heterocycles. The van der Waals surface area contributed by atoms with Crippen molar-refractivity contribution in [3.63, 3.8) is 0 Å². The highest BCUT2D eigenvalue weighted by Gasteiger charge is 2.16. The van der Waals surface area contributed by atoms with Gasteiger partial charge >= 0.3 is 0 Å². The van der Waals surface area contributed by atoms with Crippen molar-refractivity contribution in [2.24, 2.45) is 0 Å². The molecular formula is C23H31N5O2S. The number of rotatable bonds is 11. The molecule has 2 N–H and O–H groups in total. The Balaban J connectivity index is 1.64. The van der Waals surface area contributed by atoms with Gasteiger partial charge in [-0.15, -0.1) is 11.3 Å². The van der Waals surface area contributed by atoms with E-state index in [4.69, 9.17) is 4.52 Å². The molecule has 0 aliphatic heterocycles. The molecule has 2 aromatic heterocycles. The van der Waals surface area contributed by atoms with E-state index in [1.807, 2.05) is 24.3 Å². The lowest BCUT2D eigenvalue weighted by atomic mass is 10.1. The van der Waals surface area contributed by atoms with Gasteiger partial charge in [-0.25, -0.2) is 0 Å². The summed E-state index contributed by atoms with van der Waals surface area (Å²) in [5.74, 6) is 1.15. The van der Waals surface area contributed by atoms with Gasteiger partial charge in [-0.2, -0.15) is 4.98 Å². The van der Waals surface area contributed by atoms with Crippen LogP contribution in [0.5, 0.6) is 0 Å². The van der Waals surface area contributed by atoms with Gasteiger partial charge in [-0.1, -0.05) is 43.3 Å². The Labute approximate surface area is 187 Å². The summed E-state index contributed by atoms with van der Waals surface area (Å²) in [5, 5.41) is 9.90. The molecule has 8 heteroatoms. The lowest BCUT2D eigenvalue weighted by Gasteiger charge is -2.17. The van der Waals surface area contributed by atoms with E-state index in [1.165, 1.54) is 10.4 Å². The van der Waals surface area contributed by atoms with Gasteiger partial charge in [0.05, 0.1) is 11.4 Å². The molecule has 1 aromatic carbocycles. The number of aromatic nitrogens is 2. The first-order valence-corrected chi connectivity index (χ1v) is 11.5. The molecule has 1 amide bonds. The normalized spacial score (nSPS) is 11.3. The van der Waals surface area contributed by atoms with Crippen LogP contribution in [-0.4, -0.2) is 54.2 Å².